The van der Waals surface area contributed by atoms with E-state index in [-0.39, 0.29) is 24.0 Å². The van der Waals surface area contributed by atoms with Crippen LogP contribution in [-0.2, 0) is 6.54 Å². The monoisotopic (exact) mass is 331 g/mol. The molecule has 3 nitrogen and oxygen atoms in total. The quantitative estimate of drug-likeness (QED) is 0.502. The number of hydrogen-bond donors (Lipinski definition) is 0. The van der Waals surface area contributed by atoms with Crippen molar-refractivity contribution in [3.8, 4) is 0 Å². The predicted molar refractivity (Wildman–Crippen MR) is 61.7 cm³/mol. The first-order chi connectivity index (χ1) is 6.97. The van der Waals surface area contributed by atoms with Gasteiger partial charge in [0.05, 0.1) is 32.5 Å². The van der Waals surface area contributed by atoms with Gasteiger partial charge in [-0.2, -0.15) is 0 Å². The lowest BCUT2D eigenvalue weighted by atomic mass is 10.3. The van der Waals surface area contributed by atoms with Crippen LogP contribution in [0.5, 0.6) is 0 Å². The summed E-state index contributed by atoms with van der Waals surface area (Å²) in [7, 11) is 6.59. The van der Waals surface area contributed by atoms with Gasteiger partial charge < -0.3 is 28.5 Å². The highest BCUT2D eigenvalue weighted by Gasteiger charge is 2.15. The molecule has 0 aromatic carbocycles. The predicted octanol–water partition coefficient (Wildman–Crippen LogP) is -1.15. The van der Waals surface area contributed by atoms with E-state index in [1.807, 2.05) is 18.2 Å². The fourth-order valence-corrected chi connectivity index (χ4v) is 1.80. The maximum Gasteiger partial charge on any atom is 0.137 e. The van der Waals surface area contributed by atoms with E-state index >= 15 is 0 Å². The van der Waals surface area contributed by atoms with Crippen molar-refractivity contribution < 1.29 is 28.5 Å². The van der Waals surface area contributed by atoms with Gasteiger partial charge in [0, 0.05) is 6.20 Å². The van der Waals surface area contributed by atoms with Crippen LogP contribution in [0.3, 0.4) is 0 Å². The summed E-state index contributed by atoms with van der Waals surface area (Å²) < 4.78 is 3.10. The standard InChI is InChI=1S/C12H18N3.HI/c1-10-11(9-15(2,3)4)14-8-6-5-7-12(14)13-10;/h5-8H,9H2,1-4H3;1H/q+1;/p-1. The molecule has 0 amide bonds. The largest absolute Gasteiger partial charge is 1.00 e. The van der Waals surface area contributed by atoms with Crippen molar-refractivity contribution in [2.24, 2.45) is 0 Å². The number of halogens is 1. The number of fused-ring (bicyclic) bond motifs is 1. The smallest absolute Gasteiger partial charge is 0.137 e. The first-order valence-electron chi connectivity index (χ1n) is 5.20. The molecule has 0 spiro atoms. The van der Waals surface area contributed by atoms with Crippen LogP contribution in [-0.4, -0.2) is 35.0 Å². The van der Waals surface area contributed by atoms with E-state index in [1.54, 1.807) is 0 Å². The van der Waals surface area contributed by atoms with Crippen LogP contribution in [0.25, 0.3) is 5.65 Å². The average molecular weight is 331 g/mol. The van der Waals surface area contributed by atoms with Crippen LogP contribution >= 0.6 is 0 Å². The van der Waals surface area contributed by atoms with Gasteiger partial charge in [0.15, 0.2) is 0 Å². The minimum atomic E-state index is 0. The molecular weight excluding hydrogens is 313 g/mol. The highest BCUT2D eigenvalue weighted by atomic mass is 127. The molecule has 0 N–H and O–H groups in total. The Hall–Kier alpha value is -0.620. The number of imidazole rings is 1. The lowest BCUT2D eigenvalue weighted by Gasteiger charge is -2.23. The van der Waals surface area contributed by atoms with Gasteiger partial charge >= 0.3 is 0 Å². The molecule has 2 aromatic rings. The van der Waals surface area contributed by atoms with Crippen molar-refractivity contribution >= 4 is 5.65 Å². The van der Waals surface area contributed by atoms with Crippen LogP contribution in [0, 0.1) is 6.92 Å². The van der Waals surface area contributed by atoms with Crippen molar-refractivity contribution in [1.82, 2.24) is 9.38 Å². The normalized spacial score (nSPS) is 11.5. The van der Waals surface area contributed by atoms with Gasteiger partial charge in [0.2, 0.25) is 0 Å². The fraction of sp³-hybridized carbons (Fsp3) is 0.417. The van der Waals surface area contributed by atoms with Gasteiger partial charge in [0.1, 0.15) is 12.2 Å². The molecule has 0 aliphatic heterocycles. The molecule has 88 valence electrons. The van der Waals surface area contributed by atoms with E-state index in [2.05, 4.69) is 43.6 Å². The molecule has 0 fully saturated rings. The number of pyridine rings is 1. The van der Waals surface area contributed by atoms with E-state index in [0.717, 1.165) is 22.4 Å². The van der Waals surface area contributed by atoms with Crippen LogP contribution in [0.4, 0.5) is 0 Å². The number of rotatable bonds is 2. The first-order valence-corrected chi connectivity index (χ1v) is 5.20. The summed E-state index contributed by atoms with van der Waals surface area (Å²) in [4.78, 5) is 4.55. The number of aryl methyl sites for hydroxylation is 1. The number of nitrogens with zero attached hydrogens (tertiary/aromatic N) is 3. The minimum Gasteiger partial charge on any atom is -1.00 e. The highest BCUT2D eigenvalue weighted by molar-refractivity contribution is 5.42. The van der Waals surface area contributed by atoms with Crippen molar-refractivity contribution in [2.75, 3.05) is 21.1 Å². The highest BCUT2D eigenvalue weighted by Crippen LogP contribution is 2.14. The zero-order valence-electron chi connectivity index (χ0n) is 10.2. The van der Waals surface area contributed by atoms with Gasteiger partial charge in [-0.15, -0.1) is 0 Å². The van der Waals surface area contributed by atoms with Gasteiger partial charge in [-0.3, -0.25) is 4.40 Å². The fourth-order valence-electron chi connectivity index (χ4n) is 1.80. The Morgan fingerprint density at radius 3 is 2.56 bits per heavy atom. The lowest BCUT2D eigenvalue weighted by Crippen LogP contribution is -3.00. The molecule has 4 heteroatoms. The minimum absolute atomic E-state index is 0. The topological polar surface area (TPSA) is 17.3 Å². The first kappa shape index (κ1) is 13.4. The van der Waals surface area contributed by atoms with Crippen molar-refractivity contribution in [2.45, 2.75) is 13.5 Å². The molecule has 0 bridgehead atoms. The third-order valence-corrected chi connectivity index (χ3v) is 2.45. The molecule has 2 heterocycles. The van der Waals surface area contributed by atoms with E-state index < -0.39 is 0 Å². The lowest BCUT2D eigenvalue weighted by molar-refractivity contribution is -0.884. The van der Waals surface area contributed by atoms with Gasteiger partial charge in [-0.25, -0.2) is 4.98 Å². The Morgan fingerprint density at radius 1 is 1.25 bits per heavy atom. The Labute approximate surface area is 114 Å². The zero-order chi connectivity index (χ0) is 11.1. The SMILES string of the molecule is Cc1nc2ccccn2c1C[N+](C)(C)C.[I-]. The summed E-state index contributed by atoms with van der Waals surface area (Å²) in [5.41, 5.74) is 3.48. The van der Waals surface area contributed by atoms with Crippen LogP contribution in [0.2, 0.25) is 0 Å². The van der Waals surface area contributed by atoms with Crippen molar-refractivity contribution in [3.05, 3.63) is 35.8 Å². The van der Waals surface area contributed by atoms with Crippen molar-refractivity contribution in [3.63, 3.8) is 0 Å². The molecule has 0 atom stereocenters. The second-order valence-corrected chi connectivity index (χ2v) is 5.02. The summed E-state index contributed by atoms with van der Waals surface area (Å²) in [5, 5.41) is 0. The van der Waals surface area contributed by atoms with Crippen LogP contribution in [0.1, 0.15) is 11.4 Å². The maximum atomic E-state index is 4.55. The van der Waals surface area contributed by atoms with Crippen molar-refractivity contribution in [1.29, 1.82) is 0 Å². The van der Waals surface area contributed by atoms with E-state index in [0.29, 0.717) is 0 Å². The summed E-state index contributed by atoms with van der Waals surface area (Å²) in [6, 6.07) is 6.12. The second-order valence-electron chi connectivity index (χ2n) is 5.02. The van der Waals surface area contributed by atoms with Crippen LogP contribution < -0.4 is 24.0 Å². The summed E-state index contributed by atoms with van der Waals surface area (Å²) >= 11 is 0. The average Bonchev–Trinajstić information content (AvgIpc) is 2.41. The zero-order valence-corrected chi connectivity index (χ0v) is 12.4. The van der Waals surface area contributed by atoms with Crippen LogP contribution in [0.15, 0.2) is 24.4 Å². The Bertz CT molecular complexity index is 482. The number of quaternary nitrogens is 1. The third-order valence-electron chi connectivity index (χ3n) is 2.45. The molecule has 16 heavy (non-hydrogen) atoms. The van der Waals surface area contributed by atoms with E-state index in [9.17, 15) is 0 Å². The van der Waals surface area contributed by atoms with Gasteiger partial charge in [-0.1, -0.05) is 6.07 Å². The van der Waals surface area contributed by atoms with E-state index in [4.69, 9.17) is 0 Å². The molecule has 2 aromatic heterocycles. The molecular formula is C12H18IN3. The molecule has 0 radical (unpaired) electrons. The Morgan fingerprint density at radius 2 is 1.94 bits per heavy atom. The van der Waals surface area contributed by atoms with Gasteiger partial charge in [-0.05, 0) is 19.1 Å². The summed E-state index contributed by atoms with van der Waals surface area (Å²) in [6.07, 6.45) is 2.08. The molecule has 0 aliphatic carbocycles. The molecule has 0 saturated carbocycles. The van der Waals surface area contributed by atoms with E-state index in [1.165, 1.54) is 5.69 Å². The maximum absolute atomic E-state index is 4.55. The second kappa shape index (κ2) is 4.71. The summed E-state index contributed by atoms with van der Waals surface area (Å²) in [6.45, 7) is 3.08. The molecule has 0 aliphatic rings. The molecule has 0 unspecified atom stereocenters. The number of aromatic nitrogens is 2. The molecule has 0 saturated heterocycles. The summed E-state index contributed by atoms with van der Waals surface area (Å²) in [5.74, 6) is 0. The number of hydrogen-bond acceptors (Lipinski definition) is 1. The Balaban J connectivity index is 0.00000128. The van der Waals surface area contributed by atoms with Gasteiger partial charge in [0.25, 0.3) is 0 Å². The third kappa shape index (κ3) is 2.74. The Kier molecular flexibility index (Phi) is 3.96. The molecule has 2 rings (SSSR count).